The number of amides is 3. The van der Waals surface area contributed by atoms with Crippen molar-refractivity contribution < 1.29 is 14.4 Å². The van der Waals surface area contributed by atoms with Crippen molar-refractivity contribution in [3.63, 3.8) is 0 Å². The third-order valence-electron chi connectivity index (χ3n) is 4.01. The topological polar surface area (TPSA) is 99.3 Å². The van der Waals surface area contributed by atoms with Crippen molar-refractivity contribution >= 4 is 29.1 Å². The van der Waals surface area contributed by atoms with Crippen LogP contribution in [0.4, 0.5) is 11.4 Å². The third kappa shape index (κ3) is 7.58. The lowest BCUT2D eigenvalue weighted by Crippen LogP contribution is -2.40. The summed E-state index contributed by atoms with van der Waals surface area (Å²) in [5.74, 6) is -0.602. The highest BCUT2D eigenvalue weighted by molar-refractivity contribution is 5.98. The van der Waals surface area contributed by atoms with Crippen LogP contribution in [0, 0.1) is 0 Å². The summed E-state index contributed by atoms with van der Waals surface area (Å²) in [5, 5.41) is 11.5. The molecule has 0 saturated carbocycles. The summed E-state index contributed by atoms with van der Waals surface area (Å²) in [6.07, 6.45) is 0.864. The van der Waals surface area contributed by atoms with Crippen LogP contribution in [0.1, 0.15) is 54.8 Å². The van der Waals surface area contributed by atoms with Gasteiger partial charge in [-0.15, -0.1) is 0 Å². The van der Waals surface area contributed by atoms with Gasteiger partial charge in [-0.3, -0.25) is 14.4 Å². The molecule has 160 valence electrons. The van der Waals surface area contributed by atoms with Crippen molar-refractivity contribution in [2.75, 3.05) is 23.7 Å². The van der Waals surface area contributed by atoms with Gasteiger partial charge in [-0.2, -0.15) is 0 Å². The van der Waals surface area contributed by atoms with Gasteiger partial charge in [0.2, 0.25) is 5.91 Å². The molecule has 2 aromatic carbocycles. The van der Waals surface area contributed by atoms with Gasteiger partial charge in [0.15, 0.2) is 0 Å². The molecule has 0 bridgehead atoms. The van der Waals surface area contributed by atoms with Gasteiger partial charge < -0.3 is 21.3 Å². The average Bonchev–Trinajstić information content (AvgIpc) is 2.69. The molecule has 0 aromatic heterocycles. The second-order valence-corrected chi connectivity index (χ2v) is 8.02. The third-order valence-corrected chi connectivity index (χ3v) is 4.01. The van der Waals surface area contributed by atoms with E-state index in [0.717, 1.165) is 6.42 Å². The normalized spacial score (nSPS) is 10.8. The molecule has 30 heavy (non-hydrogen) atoms. The van der Waals surface area contributed by atoms with Crippen LogP contribution in [-0.2, 0) is 4.79 Å². The quantitative estimate of drug-likeness (QED) is 0.536. The molecule has 4 N–H and O–H groups in total. The lowest BCUT2D eigenvalue weighted by atomic mass is 10.1. The van der Waals surface area contributed by atoms with Crippen molar-refractivity contribution in [1.82, 2.24) is 10.6 Å². The van der Waals surface area contributed by atoms with Gasteiger partial charge in [-0.1, -0.05) is 19.1 Å². The van der Waals surface area contributed by atoms with Crippen molar-refractivity contribution in [2.24, 2.45) is 0 Å². The number of carbonyl (C=O) groups excluding carboxylic acids is 3. The summed E-state index contributed by atoms with van der Waals surface area (Å²) in [6, 6.07) is 13.8. The van der Waals surface area contributed by atoms with Crippen LogP contribution in [-0.4, -0.2) is 36.3 Å². The van der Waals surface area contributed by atoms with Gasteiger partial charge in [-0.25, -0.2) is 0 Å². The lowest BCUT2D eigenvalue weighted by molar-refractivity contribution is -0.114. The molecule has 3 amide bonds. The Morgan fingerprint density at radius 3 is 2.10 bits per heavy atom. The van der Waals surface area contributed by atoms with Crippen molar-refractivity contribution in [3.8, 4) is 0 Å². The predicted octanol–water partition coefficient (Wildman–Crippen LogP) is 3.41. The van der Waals surface area contributed by atoms with Gasteiger partial charge in [-0.05, 0) is 63.6 Å². The summed E-state index contributed by atoms with van der Waals surface area (Å²) in [6.45, 7) is 8.35. The summed E-state index contributed by atoms with van der Waals surface area (Å²) >= 11 is 0. The van der Waals surface area contributed by atoms with E-state index >= 15 is 0 Å². The number of hydrogen-bond acceptors (Lipinski definition) is 4. The Kier molecular flexibility index (Phi) is 7.98. The number of rotatable bonds is 8. The molecule has 0 saturated heterocycles. The van der Waals surface area contributed by atoms with E-state index in [-0.39, 0.29) is 29.8 Å². The molecular formula is C23H30N4O3. The molecule has 7 heteroatoms. The minimum absolute atomic E-state index is 0.0262. The number of benzene rings is 2. The summed E-state index contributed by atoms with van der Waals surface area (Å²) < 4.78 is 0. The first-order valence-corrected chi connectivity index (χ1v) is 10.0. The fraction of sp³-hybridized carbons (Fsp3) is 0.348. The van der Waals surface area contributed by atoms with Crippen LogP contribution in [0.3, 0.4) is 0 Å². The Morgan fingerprint density at radius 2 is 1.47 bits per heavy atom. The number of hydrogen-bond donors (Lipinski definition) is 4. The highest BCUT2D eigenvalue weighted by Gasteiger charge is 2.15. The largest absolute Gasteiger partial charge is 0.376 e. The first-order chi connectivity index (χ1) is 14.2. The number of anilines is 2. The second kappa shape index (κ2) is 10.4. The molecule has 0 unspecified atom stereocenters. The summed E-state index contributed by atoms with van der Waals surface area (Å²) in [5.41, 5.74) is 1.87. The maximum atomic E-state index is 12.3. The number of carbonyl (C=O) groups is 3. The summed E-state index contributed by atoms with van der Waals surface area (Å²) in [4.78, 5) is 36.7. The van der Waals surface area contributed by atoms with Crippen LogP contribution in [0.25, 0.3) is 0 Å². The Morgan fingerprint density at radius 1 is 0.867 bits per heavy atom. The fourth-order valence-electron chi connectivity index (χ4n) is 2.65. The van der Waals surface area contributed by atoms with E-state index in [1.165, 1.54) is 0 Å². The highest BCUT2D eigenvalue weighted by Crippen LogP contribution is 2.13. The molecule has 0 aliphatic carbocycles. The highest BCUT2D eigenvalue weighted by atomic mass is 16.2. The Labute approximate surface area is 177 Å². The summed E-state index contributed by atoms with van der Waals surface area (Å²) in [7, 11) is 0. The van der Waals surface area contributed by atoms with E-state index < -0.39 is 0 Å². The molecule has 0 atom stereocenters. The van der Waals surface area contributed by atoms with Crippen molar-refractivity contribution in [2.45, 2.75) is 39.7 Å². The molecule has 0 heterocycles. The fourth-order valence-corrected chi connectivity index (χ4v) is 2.65. The Hall–Kier alpha value is -3.35. The van der Waals surface area contributed by atoms with Gasteiger partial charge in [0.25, 0.3) is 11.8 Å². The van der Waals surface area contributed by atoms with E-state index in [1.54, 1.807) is 48.5 Å². The van der Waals surface area contributed by atoms with Gasteiger partial charge in [0.1, 0.15) is 0 Å². The molecule has 0 radical (unpaired) electrons. The molecule has 2 rings (SSSR count). The van der Waals surface area contributed by atoms with Gasteiger partial charge in [0.05, 0.1) is 6.54 Å². The SMILES string of the molecule is CCCNC(=O)c1cccc(NCC(=O)Nc2cccc(C(=O)NC(C)(C)C)c2)c1. The second-order valence-electron chi connectivity index (χ2n) is 8.02. The maximum absolute atomic E-state index is 12.3. The lowest BCUT2D eigenvalue weighted by Gasteiger charge is -2.20. The van der Waals surface area contributed by atoms with E-state index in [0.29, 0.717) is 29.0 Å². The minimum Gasteiger partial charge on any atom is -0.376 e. The molecular weight excluding hydrogens is 380 g/mol. The van der Waals surface area contributed by atoms with Crippen molar-refractivity contribution in [3.05, 3.63) is 59.7 Å². The molecule has 0 spiro atoms. The Balaban J connectivity index is 1.93. The van der Waals surface area contributed by atoms with Crippen LogP contribution in [0.5, 0.6) is 0 Å². The standard InChI is InChI=1S/C23H30N4O3/c1-5-12-24-21(29)16-8-6-10-18(13-16)25-15-20(28)26-19-11-7-9-17(14-19)22(30)27-23(2,3)4/h6-11,13-14,25H,5,12,15H2,1-4H3,(H,24,29)(H,26,28)(H,27,30). The first kappa shape index (κ1) is 22.9. The van der Waals surface area contributed by atoms with Gasteiger partial charge >= 0.3 is 0 Å². The van der Waals surface area contributed by atoms with E-state index in [4.69, 9.17) is 0 Å². The predicted molar refractivity (Wildman–Crippen MR) is 120 cm³/mol. The van der Waals surface area contributed by atoms with E-state index in [1.807, 2.05) is 27.7 Å². The molecule has 0 aliphatic rings. The zero-order chi connectivity index (χ0) is 22.1. The van der Waals surface area contributed by atoms with Gasteiger partial charge in [0, 0.05) is 34.6 Å². The molecule has 0 aliphatic heterocycles. The molecule has 2 aromatic rings. The monoisotopic (exact) mass is 410 g/mol. The zero-order valence-electron chi connectivity index (χ0n) is 18.0. The van der Waals surface area contributed by atoms with E-state index in [2.05, 4.69) is 21.3 Å². The smallest absolute Gasteiger partial charge is 0.251 e. The van der Waals surface area contributed by atoms with Crippen LogP contribution >= 0.6 is 0 Å². The van der Waals surface area contributed by atoms with Crippen LogP contribution in [0.2, 0.25) is 0 Å². The average molecular weight is 411 g/mol. The van der Waals surface area contributed by atoms with E-state index in [9.17, 15) is 14.4 Å². The number of nitrogens with one attached hydrogen (secondary N) is 4. The maximum Gasteiger partial charge on any atom is 0.251 e. The first-order valence-electron chi connectivity index (χ1n) is 10.0. The Bertz CT molecular complexity index is 903. The minimum atomic E-state index is -0.345. The zero-order valence-corrected chi connectivity index (χ0v) is 18.0. The van der Waals surface area contributed by atoms with Crippen LogP contribution < -0.4 is 21.3 Å². The molecule has 0 fully saturated rings. The molecule has 7 nitrogen and oxygen atoms in total. The van der Waals surface area contributed by atoms with Crippen molar-refractivity contribution in [1.29, 1.82) is 0 Å². The van der Waals surface area contributed by atoms with Crippen LogP contribution in [0.15, 0.2) is 48.5 Å².